The number of hydrogen-bond donors (Lipinski definition) is 2. The number of rotatable bonds is 6. The standard InChI is InChI=1S/C18H19FN2O3/c1-12(22)21-16-9-13(7-8-17(16)24-2)11-20-18(23)10-14-5-3-4-6-15(14)19/h3-9H,10-11H2,1-2H3,(H,20,23)(H,21,22). The van der Waals surface area contributed by atoms with Gasteiger partial charge < -0.3 is 15.4 Å². The molecule has 0 spiro atoms. The van der Waals surface area contributed by atoms with Crippen LogP contribution in [0.3, 0.4) is 0 Å². The van der Waals surface area contributed by atoms with Gasteiger partial charge in [0.15, 0.2) is 0 Å². The largest absolute Gasteiger partial charge is 0.495 e. The fraction of sp³-hybridized carbons (Fsp3) is 0.222. The number of ether oxygens (including phenoxy) is 1. The maximum Gasteiger partial charge on any atom is 0.224 e. The first kappa shape index (κ1) is 17.5. The van der Waals surface area contributed by atoms with Gasteiger partial charge in [-0.25, -0.2) is 4.39 Å². The molecule has 0 heterocycles. The Morgan fingerprint density at radius 2 is 1.92 bits per heavy atom. The van der Waals surface area contributed by atoms with E-state index in [1.54, 1.807) is 36.4 Å². The van der Waals surface area contributed by atoms with Gasteiger partial charge in [0.05, 0.1) is 19.2 Å². The molecule has 2 aromatic rings. The predicted octanol–water partition coefficient (Wildman–Crippen LogP) is 2.65. The number of carbonyl (C=O) groups is 2. The minimum atomic E-state index is -0.398. The van der Waals surface area contributed by atoms with Crippen molar-refractivity contribution in [1.82, 2.24) is 5.32 Å². The molecule has 0 aromatic heterocycles. The zero-order valence-corrected chi connectivity index (χ0v) is 13.6. The first-order valence-electron chi connectivity index (χ1n) is 7.44. The van der Waals surface area contributed by atoms with Crippen LogP contribution in [-0.2, 0) is 22.6 Å². The molecule has 0 unspecified atom stereocenters. The molecule has 0 saturated carbocycles. The molecule has 0 aliphatic carbocycles. The summed E-state index contributed by atoms with van der Waals surface area (Å²) >= 11 is 0. The van der Waals surface area contributed by atoms with Crippen molar-refractivity contribution < 1.29 is 18.7 Å². The van der Waals surface area contributed by atoms with Gasteiger partial charge in [0.25, 0.3) is 0 Å². The molecule has 5 nitrogen and oxygen atoms in total. The second kappa shape index (κ2) is 8.10. The van der Waals surface area contributed by atoms with E-state index in [1.807, 2.05) is 0 Å². The Morgan fingerprint density at radius 1 is 1.17 bits per heavy atom. The fourth-order valence-corrected chi connectivity index (χ4v) is 2.23. The molecule has 0 bridgehead atoms. The summed E-state index contributed by atoms with van der Waals surface area (Å²) in [7, 11) is 1.51. The van der Waals surface area contributed by atoms with Crippen LogP contribution >= 0.6 is 0 Å². The topological polar surface area (TPSA) is 67.4 Å². The van der Waals surface area contributed by atoms with Crippen LogP contribution in [0.5, 0.6) is 5.75 Å². The molecule has 0 fully saturated rings. The average molecular weight is 330 g/mol. The number of benzene rings is 2. The van der Waals surface area contributed by atoms with E-state index in [-0.39, 0.29) is 24.8 Å². The summed E-state index contributed by atoms with van der Waals surface area (Å²) < 4.78 is 18.7. The molecule has 2 amide bonds. The summed E-state index contributed by atoms with van der Waals surface area (Å²) in [5.41, 5.74) is 1.68. The van der Waals surface area contributed by atoms with Crippen LogP contribution in [0, 0.1) is 5.82 Å². The predicted molar refractivity (Wildman–Crippen MR) is 89.2 cm³/mol. The van der Waals surface area contributed by atoms with Gasteiger partial charge in [-0.1, -0.05) is 24.3 Å². The van der Waals surface area contributed by atoms with Crippen LogP contribution in [0.25, 0.3) is 0 Å². The number of anilines is 1. The number of halogens is 1. The Balaban J connectivity index is 1.99. The molecule has 2 rings (SSSR count). The zero-order chi connectivity index (χ0) is 17.5. The number of nitrogens with one attached hydrogen (secondary N) is 2. The van der Waals surface area contributed by atoms with E-state index in [9.17, 15) is 14.0 Å². The molecule has 24 heavy (non-hydrogen) atoms. The van der Waals surface area contributed by atoms with E-state index in [0.717, 1.165) is 5.56 Å². The maximum atomic E-state index is 13.5. The Hall–Kier alpha value is -2.89. The Bertz CT molecular complexity index is 747. The van der Waals surface area contributed by atoms with E-state index in [1.165, 1.54) is 20.1 Å². The van der Waals surface area contributed by atoms with E-state index in [0.29, 0.717) is 17.0 Å². The van der Waals surface area contributed by atoms with Crippen LogP contribution in [0.1, 0.15) is 18.1 Å². The first-order chi connectivity index (χ1) is 11.5. The highest BCUT2D eigenvalue weighted by molar-refractivity contribution is 5.90. The summed E-state index contributed by atoms with van der Waals surface area (Å²) in [5, 5.41) is 5.41. The third kappa shape index (κ3) is 4.81. The van der Waals surface area contributed by atoms with Crippen molar-refractivity contribution in [3.05, 3.63) is 59.4 Å². The minimum Gasteiger partial charge on any atom is -0.495 e. The smallest absolute Gasteiger partial charge is 0.224 e. The molecule has 0 aliphatic heterocycles. The van der Waals surface area contributed by atoms with E-state index in [2.05, 4.69) is 10.6 Å². The van der Waals surface area contributed by atoms with Crippen LogP contribution in [0.2, 0.25) is 0 Å². The molecule has 0 saturated heterocycles. The van der Waals surface area contributed by atoms with Crippen molar-refractivity contribution in [1.29, 1.82) is 0 Å². The SMILES string of the molecule is COc1ccc(CNC(=O)Cc2ccccc2F)cc1NC(C)=O. The van der Waals surface area contributed by atoms with E-state index in [4.69, 9.17) is 4.74 Å². The highest BCUT2D eigenvalue weighted by Crippen LogP contribution is 2.25. The lowest BCUT2D eigenvalue weighted by Crippen LogP contribution is -2.25. The normalized spacial score (nSPS) is 10.1. The summed E-state index contributed by atoms with van der Waals surface area (Å²) in [6.45, 7) is 1.67. The molecule has 6 heteroatoms. The van der Waals surface area contributed by atoms with Crippen molar-refractivity contribution in [3.8, 4) is 5.75 Å². The van der Waals surface area contributed by atoms with Crippen LogP contribution in [0.15, 0.2) is 42.5 Å². The maximum absolute atomic E-state index is 13.5. The number of carbonyl (C=O) groups excluding carboxylic acids is 2. The van der Waals surface area contributed by atoms with Gasteiger partial charge >= 0.3 is 0 Å². The monoisotopic (exact) mass is 330 g/mol. The van der Waals surface area contributed by atoms with Crippen molar-refractivity contribution in [3.63, 3.8) is 0 Å². The molecule has 126 valence electrons. The summed E-state index contributed by atoms with van der Waals surface area (Å²) in [5.74, 6) is -0.359. The molecule has 0 radical (unpaired) electrons. The molecule has 2 aromatic carbocycles. The highest BCUT2D eigenvalue weighted by Gasteiger charge is 2.09. The van der Waals surface area contributed by atoms with Gasteiger partial charge in [-0.2, -0.15) is 0 Å². The highest BCUT2D eigenvalue weighted by atomic mass is 19.1. The summed E-state index contributed by atoms with van der Waals surface area (Å²) in [6, 6.07) is 11.4. The average Bonchev–Trinajstić information content (AvgIpc) is 2.55. The first-order valence-corrected chi connectivity index (χ1v) is 7.44. The van der Waals surface area contributed by atoms with Gasteiger partial charge in [-0.05, 0) is 29.3 Å². The molecule has 0 atom stereocenters. The lowest BCUT2D eigenvalue weighted by atomic mass is 10.1. The molecule has 2 N–H and O–H groups in total. The number of methoxy groups -OCH3 is 1. The summed E-state index contributed by atoms with van der Waals surface area (Å²) in [6.07, 6.45) is -0.0264. The van der Waals surface area contributed by atoms with Gasteiger partial charge in [0.2, 0.25) is 11.8 Å². The van der Waals surface area contributed by atoms with E-state index >= 15 is 0 Å². The molecular formula is C18H19FN2O3. The third-order valence-electron chi connectivity index (χ3n) is 3.37. The van der Waals surface area contributed by atoms with E-state index < -0.39 is 5.82 Å². The van der Waals surface area contributed by atoms with Gasteiger partial charge in [-0.3, -0.25) is 9.59 Å². The zero-order valence-electron chi connectivity index (χ0n) is 13.6. The second-order valence-electron chi connectivity index (χ2n) is 5.26. The van der Waals surface area contributed by atoms with Crippen LogP contribution in [0.4, 0.5) is 10.1 Å². The van der Waals surface area contributed by atoms with Gasteiger partial charge in [0.1, 0.15) is 11.6 Å². The Kier molecular flexibility index (Phi) is 5.89. The Labute approximate surface area is 139 Å². The lowest BCUT2D eigenvalue weighted by molar-refractivity contribution is -0.120. The third-order valence-corrected chi connectivity index (χ3v) is 3.37. The molecule has 0 aliphatic rings. The fourth-order valence-electron chi connectivity index (χ4n) is 2.23. The van der Waals surface area contributed by atoms with Crippen molar-refractivity contribution in [2.24, 2.45) is 0 Å². The van der Waals surface area contributed by atoms with Crippen LogP contribution < -0.4 is 15.4 Å². The van der Waals surface area contributed by atoms with Crippen molar-refractivity contribution in [2.75, 3.05) is 12.4 Å². The second-order valence-corrected chi connectivity index (χ2v) is 5.26. The quantitative estimate of drug-likeness (QED) is 0.856. The van der Waals surface area contributed by atoms with Crippen molar-refractivity contribution in [2.45, 2.75) is 19.9 Å². The number of amides is 2. The molecular weight excluding hydrogens is 311 g/mol. The van der Waals surface area contributed by atoms with Gasteiger partial charge in [0, 0.05) is 13.5 Å². The summed E-state index contributed by atoms with van der Waals surface area (Å²) in [4.78, 5) is 23.2. The lowest BCUT2D eigenvalue weighted by Gasteiger charge is -2.12. The number of hydrogen-bond acceptors (Lipinski definition) is 3. The minimum absolute atomic E-state index is 0.0264. The van der Waals surface area contributed by atoms with Crippen molar-refractivity contribution >= 4 is 17.5 Å². The van der Waals surface area contributed by atoms with Crippen LogP contribution in [-0.4, -0.2) is 18.9 Å². The van der Waals surface area contributed by atoms with Gasteiger partial charge in [-0.15, -0.1) is 0 Å². The Morgan fingerprint density at radius 3 is 2.58 bits per heavy atom.